The molecule has 3 aliphatic rings. The van der Waals surface area contributed by atoms with E-state index in [1.807, 2.05) is 24.4 Å². The summed E-state index contributed by atoms with van der Waals surface area (Å²) in [5, 5.41) is 3.86. The first-order valence-electron chi connectivity index (χ1n) is 12.7. The predicted molar refractivity (Wildman–Crippen MR) is 135 cm³/mol. The van der Waals surface area contributed by atoms with Crippen molar-refractivity contribution in [3.05, 3.63) is 52.9 Å². The van der Waals surface area contributed by atoms with Crippen molar-refractivity contribution in [2.75, 3.05) is 44.3 Å². The molecule has 9 heteroatoms. The molecule has 0 bridgehead atoms. The van der Waals surface area contributed by atoms with Crippen molar-refractivity contribution >= 4 is 17.4 Å². The Labute approximate surface area is 213 Å². The van der Waals surface area contributed by atoms with Crippen molar-refractivity contribution in [3.8, 4) is 0 Å². The van der Waals surface area contributed by atoms with Gasteiger partial charge in [-0.15, -0.1) is 0 Å². The fourth-order valence-electron chi connectivity index (χ4n) is 4.21. The lowest BCUT2D eigenvalue weighted by Gasteiger charge is -2.28. The second-order valence-electron chi connectivity index (χ2n) is 8.96. The van der Waals surface area contributed by atoms with Gasteiger partial charge in [-0.05, 0) is 73.9 Å². The molecule has 0 spiro atoms. The van der Waals surface area contributed by atoms with Gasteiger partial charge >= 0.3 is 0 Å². The molecule has 2 atom stereocenters. The van der Waals surface area contributed by atoms with Crippen LogP contribution in [0.2, 0.25) is 5.15 Å². The van der Waals surface area contributed by atoms with Crippen molar-refractivity contribution in [3.63, 3.8) is 0 Å². The summed E-state index contributed by atoms with van der Waals surface area (Å²) in [5.41, 5.74) is 2.20. The lowest BCUT2D eigenvalue weighted by molar-refractivity contribution is -0.169. The SMILES string of the molecule is Clc1cc(COC2CCCCO2)ccn1.c1cc(COC2CCCCO2)cc(N2CCNCC2)n1. The van der Waals surface area contributed by atoms with E-state index >= 15 is 0 Å². The molecule has 5 rings (SSSR count). The molecule has 192 valence electrons. The first-order valence-corrected chi connectivity index (χ1v) is 13.1. The van der Waals surface area contributed by atoms with E-state index in [-0.39, 0.29) is 12.6 Å². The van der Waals surface area contributed by atoms with Crippen LogP contribution in [0, 0.1) is 0 Å². The van der Waals surface area contributed by atoms with Gasteiger partial charge in [0.15, 0.2) is 12.6 Å². The van der Waals surface area contributed by atoms with Crippen LogP contribution in [-0.2, 0) is 32.2 Å². The zero-order valence-corrected chi connectivity index (χ0v) is 21.1. The molecule has 0 radical (unpaired) electrons. The van der Waals surface area contributed by atoms with Crippen LogP contribution in [0.1, 0.15) is 49.7 Å². The van der Waals surface area contributed by atoms with Crippen LogP contribution in [0.15, 0.2) is 36.7 Å². The Morgan fingerprint density at radius 2 is 1.46 bits per heavy atom. The first kappa shape index (κ1) is 26.3. The number of piperazine rings is 1. The van der Waals surface area contributed by atoms with Crippen LogP contribution < -0.4 is 10.2 Å². The number of ether oxygens (including phenoxy) is 4. The van der Waals surface area contributed by atoms with Crippen LogP contribution in [0.4, 0.5) is 5.82 Å². The van der Waals surface area contributed by atoms with Gasteiger partial charge in [-0.25, -0.2) is 9.97 Å². The van der Waals surface area contributed by atoms with Crippen molar-refractivity contribution in [2.24, 2.45) is 0 Å². The van der Waals surface area contributed by atoms with E-state index in [2.05, 4.69) is 26.3 Å². The molecule has 3 fully saturated rings. The summed E-state index contributed by atoms with van der Waals surface area (Å²) in [6.07, 6.45) is 10.2. The molecule has 2 aromatic heterocycles. The minimum atomic E-state index is -0.0503. The van der Waals surface area contributed by atoms with Crippen LogP contribution in [0.25, 0.3) is 0 Å². The molecule has 1 N–H and O–H groups in total. The number of hydrogen-bond acceptors (Lipinski definition) is 8. The van der Waals surface area contributed by atoms with Crippen LogP contribution in [0.5, 0.6) is 0 Å². The number of anilines is 1. The first-order chi connectivity index (χ1) is 17.3. The summed E-state index contributed by atoms with van der Waals surface area (Å²) in [6.45, 7) is 6.86. The van der Waals surface area contributed by atoms with Crippen LogP contribution >= 0.6 is 11.6 Å². The predicted octanol–water partition coefficient (Wildman–Crippen LogP) is 4.31. The Morgan fingerprint density at radius 3 is 2.03 bits per heavy atom. The number of aromatic nitrogens is 2. The number of hydrogen-bond donors (Lipinski definition) is 1. The van der Waals surface area contributed by atoms with Gasteiger partial charge in [-0.1, -0.05) is 11.6 Å². The maximum atomic E-state index is 5.83. The van der Waals surface area contributed by atoms with Crippen molar-refractivity contribution < 1.29 is 18.9 Å². The van der Waals surface area contributed by atoms with Gasteiger partial charge in [-0.2, -0.15) is 0 Å². The molecule has 2 aromatic rings. The van der Waals surface area contributed by atoms with Crippen molar-refractivity contribution in [1.29, 1.82) is 0 Å². The maximum Gasteiger partial charge on any atom is 0.158 e. The highest BCUT2D eigenvalue weighted by atomic mass is 35.5. The summed E-state index contributed by atoms with van der Waals surface area (Å²) >= 11 is 5.77. The van der Waals surface area contributed by atoms with Gasteiger partial charge in [-0.3, -0.25) is 0 Å². The lowest BCUT2D eigenvalue weighted by Crippen LogP contribution is -2.43. The number of nitrogens with one attached hydrogen (secondary N) is 1. The van der Waals surface area contributed by atoms with E-state index in [0.29, 0.717) is 18.4 Å². The van der Waals surface area contributed by atoms with Gasteiger partial charge in [0.05, 0.1) is 13.2 Å². The van der Waals surface area contributed by atoms with Crippen LogP contribution in [0.3, 0.4) is 0 Å². The van der Waals surface area contributed by atoms with E-state index in [9.17, 15) is 0 Å². The molecule has 35 heavy (non-hydrogen) atoms. The Kier molecular flexibility index (Phi) is 11.0. The third-order valence-electron chi connectivity index (χ3n) is 6.19. The summed E-state index contributed by atoms with van der Waals surface area (Å²) < 4.78 is 22.5. The highest BCUT2D eigenvalue weighted by molar-refractivity contribution is 6.29. The van der Waals surface area contributed by atoms with Gasteiger partial charge < -0.3 is 29.2 Å². The van der Waals surface area contributed by atoms with Gasteiger partial charge in [0.25, 0.3) is 0 Å². The van der Waals surface area contributed by atoms with E-state index < -0.39 is 0 Å². The average Bonchev–Trinajstić information content (AvgIpc) is 2.93. The standard InChI is InChI=1S/C15H23N3O2.C11H14ClNO2/c1-2-10-19-15(3-1)20-12-13-4-5-17-14(11-13)18-8-6-16-7-9-18;12-10-7-9(4-5-13-10)8-15-11-3-1-2-6-14-11/h4-5,11,15-16H,1-3,6-10,12H2;4-5,7,11H,1-3,6,8H2. The quantitative estimate of drug-likeness (QED) is 0.559. The Bertz CT molecular complexity index is 872. The molecular weight excluding hydrogens is 468 g/mol. The van der Waals surface area contributed by atoms with Crippen LogP contribution in [-0.4, -0.2) is 61.9 Å². The summed E-state index contributed by atoms with van der Waals surface area (Å²) in [4.78, 5) is 10.7. The number of rotatable bonds is 7. The normalized spacial score (nSPS) is 22.8. The second-order valence-corrected chi connectivity index (χ2v) is 9.35. The van der Waals surface area contributed by atoms with Crippen molar-refractivity contribution in [2.45, 2.75) is 64.3 Å². The third-order valence-corrected chi connectivity index (χ3v) is 6.40. The molecule has 0 saturated carbocycles. The maximum absolute atomic E-state index is 5.83. The molecule has 3 aliphatic heterocycles. The Hall–Kier alpha value is -1.81. The molecule has 0 amide bonds. The number of nitrogens with zero attached hydrogens (tertiary/aromatic N) is 3. The molecular formula is C26H37ClN4O4. The fraction of sp³-hybridized carbons (Fsp3) is 0.615. The minimum absolute atomic E-state index is 0.0282. The topological polar surface area (TPSA) is 78.0 Å². The van der Waals surface area contributed by atoms with E-state index in [1.54, 1.807) is 6.20 Å². The minimum Gasteiger partial charge on any atom is -0.354 e. The zero-order valence-electron chi connectivity index (χ0n) is 20.4. The molecule has 5 heterocycles. The fourth-order valence-corrected chi connectivity index (χ4v) is 4.41. The van der Waals surface area contributed by atoms with Gasteiger partial charge in [0.1, 0.15) is 11.0 Å². The summed E-state index contributed by atoms with van der Waals surface area (Å²) in [5.74, 6) is 1.05. The molecule has 0 aliphatic carbocycles. The van der Waals surface area contributed by atoms with E-state index in [0.717, 1.165) is 76.5 Å². The van der Waals surface area contributed by atoms with E-state index in [4.69, 9.17) is 30.5 Å². The zero-order chi connectivity index (χ0) is 24.1. The summed E-state index contributed by atoms with van der Waals surface area (Å²) in [7, 11) is 0. The molecule has 0 aromatic carbocycles. The lowest BCUT2D eigenvalue weighted by atomic mass is 10.2. The molecule has 2 unspecified atom stereocenters. The third kappa shape index (κ3) is 9.29. The largest absolute Gasteiger partial charge is 0.354 e. The monoisotopic (exact) mass is 504 g/mol. The highest BCUT2D eigenvalue weighted by Crippen LogP contribution is 2.18. The molecule has 8 nitrogen and oxygen atoms in total. The Morgan fingerprint density at radius 1 is 0.857 bits per heavy atom. The second kappa shape index (κ2) is 14.7. The highest BCUT2D eigenvalue weighted by Gasteiger charge is 2.16. The molecule has 3 saturated heterocycles. The van der Waals surface area contributed by atoms with Gasteiger partial charge in [0, 0.05) is 51.8 Å². The number of halogens is 1. The average molecular weight is 505 g/mol. The smallest absolute Gasteiger partial charge is 0.158 e. The summed E-state index contributed by atoms with van der Waals surface area (Å²) in [6, 6.07) is 7.86. The van der Waals surface area contributed by atoms with E-state index in [1.165, 1.54) is 18.4 Å². The number of pyridine rings is 2. The van der Waals surface area contributed by atoms with Gasteiger partial charge in [0.2, 0.25) is 0 Å². The Balaban J connectivity index is 0.000000172. The van der Waals surface area contributed by atoms with Crippen molar-refractivity contribution in [1.82, 2.24) is 15.3 Å².